The monoisotopic (exact) mass is 282 g/mol. The Bertz CT molecular complexity index is 751. The minimum absolute atomic E-state index is 0.619. The van der Waals surface area contributed by atoms with E-state index in [2.05, 4.69) is 27.5 Å². The zero-order chi connectivity index (χ0) is 14.7. The summed E-state index contributed by atoms with van der Waals surface area (Å²) in [5.74, 6) is 1.32. The van der Waals surface area contributed by atoms with Gasteiger partial charge < -0.3 is 10.1 Å². The molecule has 0 fully saturated rings. The van der Waals surface area contributed by atoms with Crippen LogP contribution < -0.4 is 10.1 Å². The Morgan fingerprint density at radius 2 is 2.14 bits per heavy atom. The van der Waals surface area contributed by atoms with Gasteiger partial charge in [-0.05, 0) is 31.5 Å². The lowest BCUT2D eigenvalue weighted by Crippen LogP contribution is -2.07. The molecule has 0 saturated carbocycles. The third kappa shape index (κ3) is 2.87. The molecule has 2 heterocycles. The predicted molar refractivity (Wildman–Crippen MR) is 82.5 cm³/mol. The Labute approximate surface area is 123 Å². The summed E-state index contributed by atoms with van der Waals surface area (Å²) in [4.78, 5) is 4.60. The van der Waals surface area contributed by atoms with Crippen LogP contribution in [0, 0.1) is 0 Å². The Hall–Kier alpha value is -2.40. The van der Waals surface area contributed by atoms with Crippen molar-refractivity contribution in [2.45, 2.75) is 20.0 Å². The molecule has 0 aliphatic rings. The highest BCUT2D eigenvalue weighted by atomic mass is 16.5. The molecule has 0 radical (unpaired) electrons. The average Bonchev–Trinajstić information content (AvgIpc) is 2.95. The number of nitrogens with one attached hydrogen (secondary N) is 1. The average molecular weight is 282 g/mol. The first-order valence-corrected chi connectivity index (χ1v) is 7.03. The van der Waals surface area contributed by atoms with Crippen LogP contribution in [0.15, 0.2) is 42.7 Å². The van der Waals surface area contributed by atoms with E-state index in [-0.39, 0.29) is 0 Å². The smallest absolute Gasteiger partial charge is 0.227 e. The summed E-state index contributed by atoms with van der Waals surface area (Å²) < 4.78 is 7.77. The first-order valence-electron chi connectivity index (χ1n) is 7.03. The normalized spacial score (nSPS) is 11.0. The van der Waals surface area contributed by atoms with Gasteiger partial charge in [-0.15, -0.1) is 0 Å². The van der Waals surface area contributed by atoms with Gasteiger partial charge in [0.15, 0.2) is 5.75 Å². The lowest BCUT2D eigenvalue weighted by molar-refractivity contribution is 0.465. The van der Waals surface area contributed by atoms with Crippen molar-refractivity contribution in [3.63, 3.8) is 0 Å². The number of aryl methyl sites for hydroxylation is 1. The van der Waals surface area contributed by atoms with Crippen molar-refractivity contribution in [1.82, 2.24) is 20.1 Å². The second kappa shape index (κ2) is 5.93. The molecule has 5 heteroatoms. The van der Waals surface area contributed by atoms with Gasteiger partial charge in [0, 0.05) is 18.5 Å². The molecule has 1 N–H and O–H groups in total. The van der Waals surface area contributed by atoms with E-state index in [4.69, 9.17) is 4.74 Å². The van der Waals surface area contributed by atoms with Gasteiger partial charge in [-0.3, -0.25) is 4.68 Å². The summed E-state index contributed by atoms with van der Waals surface area (Å²) in [7, 11) is 1.91. The van der Waals surface area contributed by atoms with E-state index < -0.39 is 0 Å². The molecule has 3 rings (SSSR count). The largest absolute Gasteiger partial charge is 0.435 e. The van der Waals surface area contributed by atoms with Crippen LogP contribution in [0.1, 0.15) is 12.6 Å². The van der Waals surface area contributed by atoms with E-state index >= 15 is 0 Å². The van der Waals surface area contributed by atoms with Crippen LogP contribution in [-0.4, -0.2) is 21.8 Å². The molecule has 0 unspecified atom stereocenters. The van der Waals surface area contributed by atoms with E-state index in [9.17, 15) is 0 Å². The van der Waals surface area contributed by atoms with Gasteiger partial charge in [-0.2, -0.15) is 5.10 Å². The lowest BCUT2D eigenvalue weighted by atomic mass is 10.1. The maximum Gasteiger partial charge on any atom is 0.227 e. The Balaban J connectivity index is 2.02. The third-order valence-corrected chi connectivity index (χ3v) is 3.26. The molecule has 0 amide bonds. The standard InChI is InChI=1S/C16H18N4O/c1-3-20-11-14(10-18-20)21-16-15-7-5-4-6-12(15)8-13(19-16)9-17-2/h4-8,10-11,17H,3,9H2,1-2H3. The zero-order valence-corrected chi connectivity index (χ0v) is 12.2. The fourth-order valence-corrected chi connectivity index (χ4v) is 2.25. The molecular weight excluding hydrogens is 264 g/mol. The molecule has 0 saturated heterocycles. The van der Waals surface area contributed by atoms with Crippen molar-refractivity contribution >= 4 is 10.8 Å². The van der Waals surface area contributed by atoms with Gasteiger partial charge in [0.1, 0.15) is 0 Å². The van der Waals surface area contributed by atoms with E-state index in [1.165, 1.54) is 0 Å². The minimum atomic E-state index is 0.619. The molecule has 5 nitrogen and oxygen atoms in total. The molecule has 2 aromatic heterocycles. The highest BCUT2D eigenvalue weighted by Gasteiger charge is 2.09. The number of pyridine rings is 1. The Morgan fingerprint density at radius 3 is 2.90 bits per heavy atom. The first kappa shape index (κ1) is 13.6. The first-order chi connectivity index (χ1) is 10.3. The summed E-state index contributed by atoms with van der Waals surface area (Å²) >= 11 is 0. The molecule has 0 aliphatic carbocycles. The fraction of sp³-hybridized carbons (Fsp3) is 0.250. The SMILES string of the molecule is CCn1cc(Oc2nc(CNC)cc3ccccc23)cn1. The maximum absolute atomic E-state index is 5.94. The maximum atomic E-state index is 5.94. The van der Waals surface area contributed by atoms with Crippen molar-refractivity contribution < 1.29 is 4.74 Å². The summed E-state index contributed by atoms with van der Waals surface area (Å²) in [6.45, 7) is 3.56. The van der Waals surface area contributed by atoms with Gasteiger partial charge in [0.05, 0.1) is 18.1 Å². The van der Waals surface area contributed by atoms with Crippen molar-refractivity contribution in [1.29, 1.82) is 0 Å². The minimum Gasteiger partial charge on any atom is -0.435 e. The van der Waals surface area contributed by atoms with Gasteiger partial charge >= 0.3 is 0 Å². The highest BCUT2D eigenvalue weighted by molar-refractivity contribution is 5.87. The van der Waals surface area contributed by atoms with E-state index in [0.29, 0.717) is 18.2 Å². The molecule has 0 bridgehead atoms. The van der Waals surface area contributed by atoms with Gasteiger partial charge in [-0.25, -0.2) is 4.98 Å². The third-order valence-electron chi connectivity index (χ3n) is 3.26. The molecule has 0 atom stereocenters. The highest BCUT2D eigenvalue weighted by Crippen LogP contribution is 2.28. The molecular formula is C16H18N4O. The number of hydrogen-bond donors (Lipinski definition) is 1. The molecule has 0 aliphatic heterocycles. The lowest BCUT2D eigenvalue weighted by Gasteiger charge is -2.09. The Kier molecular flexibility index (Phi) is 3.83. The molecule has 0 spiro atoms. The van der Waals surface area contributed by atoms with Crippen LogP contribution in [-0.2, 0) is 13.1 Å². The topological polar surface area (TPSA) is 52.0 Å². The van der Waals surface area contributed by atoms with E-state index in [0.717, 1.165) is 23.0 Å². The zero-order valence-electron chi connectivity index (χ0n) is 12.2. The molecule has 21 heavy (non-hydrogen) atoms. The number of hydrogen-bond acceptors (Lipinski definition) is 4. The van der Waals surface area contributed by atoms with Crippen LogP contribution in [0.4, 0.5) is 0 Å². The Morgan fingerprint density at radius 1 is 1.29 bits per heavy atom. The quantitative estimate of drug-likeness (QED) is 0.781. The van der Waals surface area contributed by atoms with Gasteiger partial charge in [0.2, 0.25) is 5.88 Å². The predicted octanol–water partition coefficient (Wildman–Crippen LogP) is 2.96. The second-order valence-electron chi connectivity index (χ2n) is 4.80. The summed E-state index contributed by atoms with van der Waals surface area (Å²) in [6, 6.07) is 10.2. The molecule has 3 aromatic rings. The summed E-state index contributed by atoms with van der Waals surface area (Å²) in [5.41, 5.74) is 0.953. The van der Waals surface area contributed by atoms with Crippen molar-refractivity contribution in [2.24, 2.45) is 0 Å². The number of benzene rings is 1. The number of rotatable bonds is 5. The molecule has 108 valence electrons. The number of fused-ring (bicyclic) bond motifs is 1. The van der Waals surface area contributed by atoms with Crippen LogP contribution in [0.5, 0.6) is 11.6 Å². The van der Waals surface area contributed by atoms with Crippen LogP contribution >= 0.6 is 0 Å². The van der Waals surface area contributed by atoms with Gasteiger partial charge in [-0.1, -0.05) is 18.2 Å². The van der Waals surface area contributed by atoms with E-state index in [1.807, 2.05) is 43.0 Å². The second-order valence-corrected chi connectivity index (χ2v) is 4.80. The number of nitrogens with zero attached hydrogens (tertiary/aromatic N) is 3. The van der Waals surface area contributed by atoms with Crippen molar-refractivity contribution in [3.8, 4) is 11.6 Å². The number of aromatic nitrogens is 3. The van der Waals surface area contributed by atoms with Gasteiger partial charge in [0.25, 0.3) is 0 Å². The van der Waals surface area contributed by atoms with E-state index in [1.54, 1.807) is 6.20 Å². The summed E-state index contributed by atoms with van der Waals surface area (Å²) in [5, 5.41) is 9.46. The summed E-state index contributed by atoms with van der Waals surface area (Å²) in [6.07, 6.45) is 3.59. The fourth-order valence-electron chi connectivity index (χ4n) is 2.25. The van der Waals surface area contributed by atoms with Crippen LogP contribution in [0.25, 0.3) is 10.8 Å². The molecule has 1 aromatic carbocycles. The van der Waals surface area contributed by atoms with Crippen molar-refractivity contribution in [2.75, 3.05) is 7.05 Å². The van der Waals surface area contributed by atoms with Crippen LogP contribution in [0.3, 0.4) is 0 Å². The number of ether oxygens (including phenoxy) is 1. The van der Waals surface area contributed by atoms with Crippen molar-refractivity contribution in [3.05, 3.63) is 48.4 Å². The van der Waals surface area contributed by atoms with Crippen LogP contribution in [0.2, 0.25) is 0 Å².